The third-order valence-corrected chi connectivity index (χ3v) is 11.0. The van der Waals surface area contributed by atoms with Crippen molar-refractivity contribution < 1.29 is 33.9 Å². The van der Waals surface area contributed by atoms with Crippen molar-refractivity contribution in [1.82, 2.24) is 20.9 Å². The summed E-state index contributed by atoms with van der Waals surface area (Å²) in [5.74, 6) is -3.80. The van der Waals surface area contributed by atoms with Gasteiger partial charge in [-0.25, -0.2) is 9.59 Å². The van der Waals surface area contributed by atoms with E-state index in [-0.39, 0.29) is 35.0 Å². The van der Waals surface area contributed by atoms with Crippen LogP contribution in [0.1, 0.15) is 97.3 Å². The van der Waals surface area contributed by atoms with Crippen molar-refractivity contribution in [1.29, 1.82) is 0 Å². The summed E-state index contributed by atoms with van der Waals surface area (Å²) in [7, 11) is 0. The third-order valence-electron chi connectivity index (χ3n) is 11.0. The molecule has 5 aliphatic rings. The van der Waals surface area contributed by atoms with Crippen LogP contribution >= 0.6 is 0 Å². The highest BCUT2D eigenvalue weighted by molar-refractivity contribution is 6.37. The number of carbonyl (C=O) groups is 6. The van der Waals surface area contributed by atoms with Crippen molar-refractivity contribution in [2.45, 2.75) is 121 Å². The molecule has 0 spiro atoms. The normalized spacial score (nSPS) is 29.0. The number of hydrogen-bond acceptors (Lipinski definition) is 6. The number of aliphatic carboxylic acids is 1. The lowest BCUT2D eigenvalue weighted by molar-refractivity contribution is -0.146. The predicted molar refractivity (Wildman–Crippen MR) is 155 cm³/mol. The Labute approximate surface area is 252 Å². The first-order chi connectivity index (χ1) is 20.4. The van der Waals surface area contributed by atoms with Gasteiger partial charge in [-0.1, -0.05) is 65.2 Å². The fourth-order valence-electron chi connectivity index (χ4n) is 8.13. The molecule has 5 fully saturated rings. The van der Waals surface area contributed by atoms with Crippen LogP contribution in [0.2, 0.25) is 0 Å². The monoisotopic (exact) mass is 601 g/mol. The maximum Gasteiger partial charge on any atom is 0.329 e. The van der Waals surface area contributed by atoms with Crippen LogP contribution in [0.4, 0.5) is 4.79 Å². The van der Waals surface area contributed by atoms with Gasteiger partial charge in [-0.2, -0.15) is 0 Å². The summed E-state index contributed by atoms with van der Waals surface area (Å²) < 4.78 is 0. The molecule has 5 rings (SSSR count). The number of piperidine rings is 1. The summed E-state index contributed by atoms with van der Waals surface area (Å²) in [6.45, 7) is 4.46. The summed E-state index contributed by atoms with van der Waals surface area (Å²) in [5, 5.41) is 18.3. The van der Waals surface area contributed by atoms with Gasteiger partial charge in [-0.3, -0.25) is 19.2 Å². The van der Waals surface area contributed by atoms with Crippen LogP contribution in [0.5, 0.6) is 0 Å². The number of primary amides is 1. The highest BCUT2D eigenvalue weighted by atomic mass is 16.4. The lowest BCUT2D eigenvalue weighted by atomic mass is 9.81. The van der Waals surface area contributed by atoms with E-state index in [0.717, 1.165) is 51.4 Å². The van der Waals surface area contributed by atoms with Gasteiger partial charge in [-0.05, 0) is 61.2 Å². The van der Waals surface area contributed by atoms with Gasteiger partial charge in [0.15, 0.2) is 0 Å². The molecule has 12 heteroatoms. The molecule has 0 aromatic heterocycles. The Balaban J connectivity index is 1.36. The second kappa shape index (κ2) is 12.1. The van der Waals surface area contributed by atoms with Crippen molar-refractivity contribution in [2.75, 3.05) is 6.54 Å². The molecule has 4 saturated carbocycles. The molecule has 0 bridgehead atoms. The average Bonchev–Trinajstić information content (AvgIpc) is 3.83. The molecule has 1 unspecified atom stereocenters. The fraction of sp³-hybridized carbons (Fsp3) is 0.806. The molecule has 0 radical (unpaired) electrons. The van der Waals surface area contributed by atoms with Crippen LogP contribution < -0.4 is 21.7 Å². The zero-order chi connectivity index (χ0) is 31.1. The van der Waals surface area contributed by atoms with E-state index in [1.54, 1.807) is 4.90 Å². The Morgan fingerprint density at radius 1 is 0.907 bits per heavy atom. The van der Waals surface area contributed by atoms with Crippen molar-refractivity contribution in [3.05, 3.63) is 0 Å². The molecule has 43 heavy (non-hydrogen) atoms. The second-order valence-corrected chi connectivity index (χ2v) is 14.3. The third kappa shape index (κ3) is 6.38. The Hall–Kier alpha value is -3.18. The molecular formula is C31H47N5O7. The lowest BCUT2D eigenvalue weighted by Crippen LogP contribution is -2.63. The first kappa shape index (κ1) is 31.3. The molecule has 1 saturated heterocycles. The quantitative estimate of drug-likeness (QED) is 0.223. The van der Waals surface area contributed by atoms with Crippen LogP contribution in [-0.2, 0) is 24.0 Å². The zero-order valence-corrected chi connectivity index (χ0v) is 25.4. The molecule has 1 heterocycles. The number of nitrogens with two attached hydrogens (primary N) is 1. The number of urea groups is 1. The van der Waals surface area contributed by atoms with Crippen LogP contribution in [0.15, 0.2) is 0 Å². The predicted octanol–water partition coefficient (Wildman–Crippen LogP) is 1.84. The molecule has 5 atom stereocenters. The first-order valence-electron chi connectivity index (χ1n) is 16.1. The molecule has 0 aromatic rings. The number of likely N-dealkylation sites (tertiary alicyclic amines) is 1. The second-order valence-electron chi connectivity index (χ2n) is 14.3. The van der Waals surface area contributed by atoms with Gasteiger partial charge in [0.2, 0.25) is 17.6 Å². The van der Waals surface area contributed by atoms with Crippen molar-refractivity contribution in [2.24, 2.45) is 34.8 Å². The fourth-order valence-corrected chi connectivity index (χ4v) is 8.13. The highest BCUT2D eigenvalue weighted by Crippen LogP contribution is 2.65. The Morgan fingerprint density at radius 3 is 2.12 bits per heavy atom. The Morgan fingerprint density at radius 2 is 1.53 bits per heavy atom. The number of rotatable bonds is 11. The van der Waals surface area contributed by atoms with E-state index in [1.165, 1.54) is 0 Å². The van der Waals surface area contributed by atoms with Crippen molar-refractivity contribution in [3.8, 4) is 0 Å². The average molecular weight is 602 g/mol. The number of nitrogens with zero attached hydrogens (tertiary/aromatic N) is 1. The number of nitrogens with one attached hydrogen (secondary N) is 3. The molecule has 238 valence electrons. The summed E-state index contributed by atoms with van der Waals surface area (Å²) in [5.41, 5.74) is 3.74. The minimum Gasteiger partial charge on any atom is -0.480 e. The molecule has 5 amide bonds. The van der Waals surface area contributed by atoms with Crippen molar-refractivity contribution >= 4 is 35.5 Å². The zero-order valence-electron chi connectivity index (χ0n) is 25.4. The lowest BCUT2D eigenvalue weighted by Gasteiger charge is -2.38. The molecule has 1 aliphatic heterocycles. The molecule has 12 nitrogen and oxygen atoms in total. The highest BCUT2D eigenvalue weighted by Gasteiger charge is 2.69. The number of ketones is 1. The molecule has 6 N–H and O–H groups in total. The number of amides is 5. The number of carboxylic acids is 1. The standard InChI is InChI=1S/C31H47N5O7/c1-30(2)19-16-36(23(21(19)30)26(39)33-20(15-17-11-12-17)24(37)25(32)38)27(40)22(18-9-5-3-6-10-18)34-29(43)35-31(28(41)42)13-7-4-8-14-31/h17-23H,3-16H2,1-2H3,(H2,32,38)(H,33,39)(H,41,42)(H2,34,35,43)/t19-,20?,21-,22-,23-/m0/s1. The van der Waals surface area contributed by atoms with Gasteiger partial charge >= 0.3 is 12.0 Å². The van der Waals surface area contributed by atoms with Crippen LogP contribution in [0, 0.1) is 29.1 Å². The van der Waals surface area contributed by atoms with Gasteiger partial charge < -0.3 is 31.7 Å². The van der Waals surface area contributed by atoms with Crippen LogP contribution in [-0.4, -0.2) is 75.7 Å². The van der Waals surface area contributed by atoms with Gasteiger partial charge in [0.1, 0.15) is 17.6 Å². The van der Waals surface area contributed by atoms with E-state index in [1.807, 2.05) is 0 Å². The minimum atomic E-state index is -1.37. The number of Topliss-reactive ketones (excluding diaryl/α,β-unsaturated/α-hetero) is 1. The van der Waals surface area contributed by atoms with Crippen LogP contribution in [0.25, 0.3) is 0 Å². The van der Waals surface area contributed by atoms with Gasteiger partial charge in [0.05, 0.1) is 6.04 Å². The van der Waals surface area contributed by atoms with Gasteiger partial charge in [0, 0.05) is 6.54 Å². The summed E-state index contributed by atoms with van der Waals surface area (Å²) >= 11 is 0. The Kier molecular flexibility index (Phi) is 8.77. The molecule has 4 aliphatic carbocycles. The smallest absolute Gasteiger partial charge is 0.329 e. The van der Waals surface area contributed by atoms with E-state index >= 15 is 0 Å². The number of carboxylic acid groups (broad SMARTS) is 1. The number of hydrogen-bond donors (Lipinski definition) is 5. The molecule has 0 aromatic carbocycles. The summed E-state index contributed by atoms with van der Waals surface area (Å²) in [4.78, 5) is 79.6. The molecular weight excluding hydrogens is 554 g/mol. The largest absolute Gasteiger partial charge is 0.480 e. The van der Waals surface area contributed by atoms with Gasteiger partial charge in [0.25, 0.3) is 5.91 Å². The number of fused-ring (bicyclic) bond motifs is 1. The van der Waals surface area contributed by atoms with E-state index in [9.17, 15) is 33.9 Å². The summed E-state index contributed by atoms with van der Waals surface area (Å²) in [6.07, 6.45) is 9.47. The maximum absolute atomic E-state index is 14.3. The maximum atomic E-state index is 14.3. The first-order valence-corrected chi connectivity index (χ1v) is 16.1. The SMILES string of the molecule is CC1(C)[C@@H]2[C@@H](C(=O)NC(CC3CC3)C(=O)C(N)=O)N(C(=O)[C@@H](NC(=O)NC3(C(=O)O)CCCCC3)C3CCCCC3)C[C@@H]21. The minimum absolute atomic E-state index is 0.0827. The van der Waals surface area contributed by atoms with E-state index < -0.39 is 53.3 Å². The Bertz CT molecular complexity index is 1160. The number of carbonyl (C=O) groups excluding carboxylic acids is 5. The van der Waals surface area contributed by atoms with E-state index in [0.29, 0.717) is 38.6 Å². The van der Waals surface area contributed by atoms with E-state index in [2.05, 4.69) is 29.8 Å². The van der Waals surface area contributed by atoms with E-state index in [4.69, 9.17) is 5.73 Å². The van der Waals surface area contributed by atoms with Crippen molar-refractivity contribution in [3.63, 3.8) is 0 Å². The topological polar surface area (TPSA) is 188 Å². The van der Waals surface area contributed by atoms with Crippen LogP contribution in [0.3, 0.4) is 0 Å². The van der Waals surface area contributed by atoms with Gasteiger partial charge in [-0.15, -0.1) is 0 Å². The summed E-state index contributed by atoms with van der Waals surface area (Å²) in [6, 6.07) is -3.48.